The zero-order chi connectivity index (χ0) is 12.9. The predicted molar refractivity (Wildman–Crippen MR) is 79.1 cm³/mol. The third kappa shape index (κ3) is 1.98. The first-order chi connectivity index (χ1) is 8.48. The van der Waals surface area contributed by atoms with Gasteiger partial charge in [-0.25, -0.2) is 0 Å². The summed E-state index contributed by atoms with van der Waals surface area (Å²) in [6.07, 6.45) is 3.85. The van der Waals surface area contributed by atoms with Gasteiger partial charge >= 0.3 is 0 Å². The van der Waals surface area contributed by atoms with Crippen molar-refractivity contribution in [1.82, 2.24) is 9.55 Å². The van der Waals surface area contributed by atoms with E-state index in [1.807, 2.05) is 12.1 Å². The van der Waals surface area contributed by atoms with Gasteiger partial charge in [0.15, 0.2) is 4.77 Å². The van der Waals surface area contributed by atoms with Crippen LogP contribution in [0.1, 0.15) is 26.2 Å². The van der Waals surface area contributed by atoms with Gasteiger partial charge in [0.25, 0.3) is 0 Å². The third-order valence-electron chi connectivity index (χ3n) is 3.92. The van der Waals surface area contributed by atoms with Gasteiger partial charge in [0.05, 0.1) is 21.1 Å². The normalized spacial score (nSPS) is 17.9. The number of benzene rings is 1. The minimum atomic E-state index is 0.374. The lowest BCUT2D eigenvalue weighted by Gasteiger charge is -2.38. The highest BCUT2D eigenvalue weighted by molar-refractivity contribution is 7.71. The molecule has 1 aromatic carbocycles. The molecule has 5 heteroatoms. The van der Waals surface area contributed by atoms with E-state index in [1.54, 1.807) is 0 Å². The van der Waals surface area contributed by atoms with Gasteiger partial charge in [-0.3, -0.25) is 0 Å². The van der Waals surface area contributed by atoms with E-state index in [0.717, 1.165) is 22.3 Å². The van der Waals surface area contributed by atoms with Crippen LogP contribution in [0.15, 0.2) is 12.1 Å². The van der Waals surface area contributed by atoms with Crippen LogP contribution in [0.3, 0.4) is 0 Å². The maximum atomic E-state index is 6.09. The van der Waals surface area contributed by atoms with Crippen molar-refractivity contribution in [2.75, 3.05) is 0 Å². The third-order valence-corrected chi connectivity index (χ3v) is 4.96. The number of hydrogen-bond donors (Lipinski definition) is 1. The highest BCUT2D eigenvalue weighted by Gasteiger charge is 2.32. The van der Waals surface area contributed by atoms with Gasteiger partial charge in [0.1, 0.15) is 0 Å². The Labute approximate surface area is 121 Å². The highest BCUT2D eigenvalue weighted by atomic mass is 35.5. The molecule has 2 aromatic rings. The molecule has 0 amide bonds. The van der Waals surface area contributed by atoms with Crippen LogP contribution in [0.25, 0.3) is 11.0 Å². The topological polar surface area (TPSA) is 20.7 Å². The minimum Gasteiger partial charge on any atom is -0.331 e. The number of aromatic amines is 1. The summed E-state index contributed by atoms with van der Waals surface area (Å²) in [5.41, 5.74) is 2.37. The van der Waals surface area contributed by atoms with Gasteiger partial charge < -0.3 is 9.55 Å². The van der Waals surface area contributed by atoms with Crippen molar-refractivity contribution in [2.45, 2.75) is 32.7 Å². The van der Waals surface area contributed by atoms with E-state index >= 15 is 0 Å². The van der Waals surface area contributed by atoms with E-state index in [1.165, 1.54) is 19.3 Å². The van der Waals surface area contributed by atoms with Crippen LogP contribution in [0.5, 0.6) is 0 Å². The van der Waals surface area contributed by atoms with Crippen molar-refractivity contribution < 1.29 is 0 Å². The number of rotatable bonds is 2. The van der Waals surface area contributed by atoms with Crippen LogP contribution >= 0.6 is 35.4 Å². The predicted octanol–water partition coefficient (Wildman–Crippen LogP) is 5.20. The van der Waals surface area contributed by atoms with Gasteiger partial charge in [-0.05, 0) is 42.6 Å². The average Bonchev–Trinajstić information content (AvgIpc) is 2.55. The summed E-state index contributed by atoms with van der Waals surface area (Å²) in [6, 6.07) is 3.74. The van der Waals surface area contributed by atoms with Crippen LogP contribution in [0, 0.1) is 10.2 Å². The van der Waals surface area contributed by atoms with Crippen LogP contribution < -0.4 is 0 Å². The fraction of sp³-hybridized carbons (Fsp3) is 0.462. The molecule has 18 heavy (non-hydrogen) atoms. The minimum absolute atomic E-state index is 0.374. The maximum Gasteiger partial charge on any atom is 0.178 e. The Kier molecular flexibility index (Phi) is 2.96. The molecule has 2 nitrogen and oxygen atoms in total. The van der Waals surface area contributed by atoms with Crippen LogP contribution in [-0.2, 0) is 6.54 Å². The summed E-state index contributed by atoms with van der Waals surface area (Å²) in [4.78, 5) is 3.20. The number of imidazole rings is 1. The number of aromatic nitrogens is 2. The molecule has 0 radical (unpaired) electrons. The Morgan fingerprint density at radius 1 is 1.33 bits per heavy atom. The first kappa shape index (κ1) is 12.5. The lowest BCUT2D eigenvalue weighted by Crippen LogP contribution is -2.30. The molecule has 1 aliphatic carbocycles. The van der Waals surface area contributed by atoms with Gasteiger partial charge in [-0.2, -0.15) is 0 Å². The maximum absolute atomic E-state index is 6.09. The van der Waals surface area contributed by atoms with E-state index in [-0.39, 0.29) is 0 Å². The molecule has 1 heterocycles. The standard InChI is InChI=1S/C13H14Cl2N2S/c1-13(3-2-4-13)7-17-11-6-9(15)8(14)5-10(11)16-12(17)18/h5-6H,2-4,7H2,1H3,(H,16,18). The molecule has 1 saturated carbocycles. The van der Waals surface area contributed by atoms with E-state index in [2.05, 4.69) is 16.5 Å². The molecule has 0 spiro atoms. The Balaban J connectivity index is 2.13. The molecule has 0 saturated heterocycles. The molecule has 0 unspecified atom stereocenters. The van der Waals surface area contributed by atoms with E-state index in [4.69, 9.17) is 35.4 Å². The summed E-state index contributed by atoms with van der Waals surface area (Å²) in [7, 11) is 0. The molecule has 3 rings (SSSR count). The molecular weight excluding hydrogens is 287 g/mol. The molecule has 1 aliphatic rings. The number of nitrogens with one attached hydrogen (secondary N) is 1. The fourth-order valence-electron chi connectivity index (χ4n) is 2.63. The molecule has 1 fully saturated rings. The van der Waals surface area contributed by atoms with E-state index in [0.29, 0.717) is 15.5 Å². The number of halogens is 2. The Bertz CT molecular complexity index is 667. The largest absolute Gasteiger partial charge is 0.331 e. The number of fused-ring (bicyclic) bond motifs is 1. The summed E-state index contributed by atoms with van der Waals surface area (Å²) in [5, 5.41) is 1.13. The highest BCUT2D eigenvalue weighted by Crippen LogP contribution is 2.42. The molecule has 0 bridgehead atoms. The summed E-state index contributed by atoms with van der Waals surface area (Å²) >= 11 is 17.5. The van der Waals surface area contributed by atoms with Gasteiger partial charge in [-0.15, -0.1) is 0 Å². The lowest BCUT2D eigenvalue weighted by molar-refractivity contribution is 0.133. The number of hydrogen-bond acceptors (Lipinski definition) is 1. The average molecular weight is 301 g/mol. The van der Waals surface area contributed by atoms with Crippen molar-refractivity contribution in [3.63, 3.8) is 0 Å². The molecule has 1 aromatic heterocycles. The van der Waals surface area contributed by atoms with Crippen molar-refractivity contribution in [1.29, 1.82) is 0 Å². The fourth-order valence-corrected chi connectivity index (χ4v) is 3.22. The number of H-pyrrole nitrogens is 1. The van der Waals surface area contributed by atoms with Crippen molar-refractivity contribution >= 4 is 46.5 Å². The summed E-state index contributed by atoms with van der Waals surface area (Å²) in [6.45, 7) is 3.26. The SMILES string of the molecule is CC1(Cn2c(=S)[nH]c3cc(Cl)c(Cl)cc32)CCC1. The lowest BCUT2D eigenvalue weighted by atomic mass is 9.70. The zero-order valence-corrected chi connectivity index (χ0v) is 12.4. The van der Waals surface area contributed by atoms with Crippen LogP contribution in [0.2, 0.25) is 10.0 Å². The second kappa shape index (κ2) is 4.26. The molecule has 0 atom stereocenters. The van der Waals surface area contributed by atoms with Crippen LogP contribution in [0.4, 0.5) is 0 Å². The van der Waals surface area contributed by atoms with Gasteiger partial charge in [0, 0.05) is 6.54 Å². The molecular formula is C13H14Cl2N2S. The molecule has 1 N–H and O–H groups in total. The summed E-state index contributed by atoms with van der Waals surface area (Å²) < 4.78 is 2.89. The van der Waals surface area contributed by atoms with Crippen LogP contribution in [-0.4, -0.2) is 9.55 Å². The van der Waals surface area contributed by atoms with Crippen molar-refractivity contribution in [2.24, 2.45) is 5.41 Å². The molecule has 96 valence electrons. The first-order valence-corrected chi connectivity index (χ1v) is 7.23. The Morgan fingerprint density at radius 2 is 2.00 bits per heavy atom. The van der Waals surface area contributed by atoms with Crippen molar-refractivity contribution in [3.05, 3.63) is 26.9 Å². The van der Waals surface area contributed by atoms with Gasteiger partial charge in [-0.1, -0.05) is 36.5 Å². The first-order valence-electron chi connectivity index (χ1n) is 6.06. The monoisotopic (exact) mass is 300 g/mol. The van der Waals surface area contributed by atoms with E-state index < -0.39 is 0 Å². The Hall–Kier alpha value is -0.510. The Morgan fingerprint density at radius 3 is 2.61 bits per heavy atom. The summed E-state index contributed by atoms with van der Waals surface area (Å²) in [5.74, 6) is 0. The molecule has 0 aliphatic heterocycles. The smallest absolute Gasteiger partial charge is 0.178 e. The van der Waals surface area contributed by atoms with Crippen molar-refractivity contribution in [3.8, 4) is 0 Å². The second-order valence-corrected chi connectivity index (χ2v) is 6.67. The van der Waals surface area contributed by atoms with Gasteiger partial charge in [0.2, 0.25) is 0 Å². The number of nitrogens with zero attached hydrogens (tertiary/aromatic N) is 1. The second-order valence-electron chi connectivity index (χ2n) is 5.46. The van der Waals surface area contributed by atoms with E-state index in [9.17, 15) is 0 Å². The quantitative estimate of drug-likeness (QED) is 0.756. The zero-order valence-electron chi connectivity index (χ0n) is 10.1.